The van der Waals surface area contributed by atoms with E-state index in [-0.39, 0.29) is 47.6 Å². The number of fused-ring (bicyclic) bond motifs is 1. The number of ether oxygens (including phenoxy) is 3. The van der Waals surface area contributed by atoms with Gasteiger partial charge >= 0.3 is 19.7 Å². The number of benzene rings is 1. The molecule has 18 heteroatoms. The van der Waals surface area contributed by atoms with Crippen LogP contribution in [-0.4, -0.2) is 84.3 Å². The highest BCUT2D eigenvalue weighted by Crippen LogP contribution is 2.48. The third-order valence-electron chi connectivity index (χ3n) is 7.10. The number of carbonyl (C=O) groups excluding carboxylic acids is 2. The molecule has 0 unspecified atom stereocenters. The molecule has 1 aromatic carbocycles. The minimum absolute atomic E-state index is 0.00990. The Bertz CT molecular complexity index is 1630. The SMILES string of the molecule is CC(C)OC(=O)CCc1ccccc1O[P@@](=O)(N[C@@H](C)C(=O)OC(C)C)OC[C@H]1O[C@@H](n2cnc3c(N)nc(N)nc32)[C@](C)(O)[C@H]1O. The predicted molar refractivity (Wildman–Crippen MR) is 169 cm³/mol. The number of aryl methyl sites for hydroxylation is 1. The van der Waals surface area contributed by atoms with Gasteiger partial charge in [0, 0.05) is 6.42 Å². The Hall–Kier alpha value is -3.86. The molecule has 3 aromatic rings. The third-order valence-corrected chi connectivity index (χ3v) is 8.73. The fourth-order valence-electron chi connectivity index (χ4n) is 4.88. The fraction of sp³-hybridized carbons (Fsp3) is 0.552. The minimum atomic E-state index is -4.46. The van der Waals surface area contributed by atoms with Crippen molar-refractivity contribution in [2.75, 3.05) is 18.1 Å². The van der Waals surface area contributed by atoms with E-state index in [4.69, 9.17) is 34.7 Å². The largest absolute Gasteiger partial charge is 0.463 e. The van der Waals surface area contributed by atoms with Crippen LogP contribution in [0.25, 0.3) is 11.2 Å². The summed E-state index contributed by atoms with van der Waals surface area (Å²) in [5, 5.41) is 25.0. The second-order valence-corrected chi connectivity index (χ2v) is 13.5. The Morgan fingerprint density at radius 1 is 1.13 bits per heavy atom. The second-order valence-electron chi connectivity index (χ2n) is 11.9. The zero-order valence-corrected chi connectivity index (χ0v) is 27.9. The average Bonchev–Trinajstić information content (AvgIpc) is 3.48. The zero-order chi connectivity index (χ0) is 34.7. The molecule has 0 bridgehead atoms. The van der Waals surface area contributed by atoms with Gasteiger partial charge in [-0.2, -0.15) is 15.1 Å². The first kappa shape index (κ1) is 36.0. The Labute approximate surface area is 271 Å². The van der Waals surface area contributed by atoms with Crippen LogP contribution in [0.3, 0.4) is 0 Å². The summed E-state index contributed by atoms with van der Waals surface area (Å²) in [5.41, 5.74) is 10.6. The van der Waals surface area contributed by atoms with E-state index in [1.54, 1.807) is 45.9 Å². The third kappa shape index (κ3) is 8.54. The van der Waals surface area contributed by atoms with E-state index in [2.05, 4.69) is 20.0 Å². The van der Waals surface area contributed by atoms with Crippen LogP contribution in [-0.2, 0) is 39.3 Å². The van der Waals surface area contributed by atoms with Crippen LogP contribution in [0.15, 0.2) is 30.6 Å². The molecule has 47 heavy (non-hydrogen) atoms. The highest BCUT2D eigenvalue weighted by molar-refractivity contribution is 7.52. The number of para-hydroxylation sites is 1. The summed E-state index contributed by atoms with van der Waals surface area (Å²) in [5.74, 6) is -1.15. The molecule has 1 aliphatic heterocycles. The Morgan fingerprint density at radius 2 is 1.81 bits per heavy atom. The number of nitrogens with one attached hydrogen (secondary N) is 1. The minimum Gasteiger partial charge on any atom is -0.463 e. The van der Waals surface area contributed by atoms with Crippen molar-refractivity contribution in [1.29, 1.82) is 0 Å². The monoisotopic (exact) mass is 679 g/mol. The fourth-order valence-corrected chi connectivity index (χ4v) is 6.42. The number of nitrogen functional groups attached to an aromatic ring is 2. The maximum absolute atomic E-state index is 14.3. The van der Waals surface area contributed by atoms with Crippen LogP contribution >= 0.6 is 7.75 Å². The maximum Gasteiger partial charge on any atom is 0.459 e. The molecule has 2 aromatic heterocycles. The van der Waals surface area contributed by atoms with Crippen LogP contribution in [0.1, 0.15) is 59.8 Å². The van der Waals surface area contributed by atoms with Gasteiger partial charge in [-0.1, -0.05) is 18.2 Å². The van der Waals surface area contributed by atoms with Crippen molar-refractivity contribution in [2.24, 2.45) is 0 Å². The first-order chi connectivity index (χ1) is 22.0. The smallest absolute Gasteiger partial charge is 0.459 e. The van der Waals surface area contributed by atoms with E-state index in [0.29, 0.717) is 5.56 Å². The van der Waals surface area contributed by atoms with Crippen molar-refractivity contribution in [1.82, 2.24) is 24.6 Å². The van der Waals surface area contributed by atoms with E-state index in [0.717, 1.165) is 0 Å². The predicted octanol–water partition coefficient (Wildman–Crippen LogP) is 2.02. The van der Waals surface area contributed by atoms with Crippen LogP contribution in [0, 0.1) is 0 Å². The van der Waals surface area contributed by atoms with Crippen LogP contribution in [0.4, 0.5) is 11.8 Å². The molecule has 1 fully saturated rings. The molecular weight excluding hydrogens is 637 g/mol. The Balaban J connectivity index is 1.58. The van der Waals surface area contributed by atoms with E-state index < -0.39 is 62.5 Å². The molecule has 1 saturated heterocycles. The van der Waals surface area contributed by atoms with Gasteiger partial charge in [-0.3, -0.25) is 18.7 Å². The van der Waals surface area contributed by atoms with Crippen molar-refractivity contribution in [3.8, 4) is 5.75 Å². The topological polar surface area (TPSA) is 245 Å². The number of aromatic nitrogens is 4. The van der Waals surface area contributed by atoms with Gasteiger partial charge in [0.1, 0.15) is 35.1 Å². The molecule has 7 N–H and O–H groups in total. The lowest BCUT2D eigenvalue weighted by Gasteiger charge is -2.27. The van der Waals surface area contributed by atoms with Crippen molar-refractivity contribution in [3.05, 3.63) is 36.2 Å². The number of carbonyl (C=O) groups is 2. The number of esters is 2. The van der Waals surface area contributed by atoms with E-state index >= 15 is 0 Å². The summed E-state index contributed by atoms with van der Waals surface area (Å²) < 4.78 is 43.8. The summed E-state index contributed by atoms with van der Waals surface area (Å²) >= 11 is 0. The lowest BCUT2D eigenvalue weighted by atomic mass is 9.96. The lowest BCUT2D eigenvalue weighted by molar-refractivity contribution is -0.149. The van der Waals surface area contributed by atoms with Gasteiger partial charge in [0.15, 0.2) is 17.7 Å². The summed E-state index contributed by atoms with van der Waals surface area (Å²) in [6.07, 6.45) is -3.31. The normalized spacial score (nSPS) is 23.1. The maximum atomic E-state index is 14.3. The summed E-state index contributed by atoms with van der Waals surface area (Å²) in [4.78, 5) is 37.0. The number of imidazole rings is 1. The molecule has 4 rings (SSSR count). The number of hydrogen-bond donors (Lipinski definition) is 5. The van der Waals surface area contributed by atoms with Crippen molar-refractivity contribution in [2.45, 2.75) is 96.7 Å². The molecule has 17 nitrogen and oxygen atoms in total. The van der Waals surface area contributed by atoms with Crippen molar-refractivity contribution in [3.63, 3.8) is 0 Å². The Kier molecular flexibility index (Phi) is 11.1. The lowest BCUT2D eigenvalue weighted by Crippen LogP contribution is -2.44. The molecular formula is C29H42N7O10P. The summed E-state index contributed by atoms with van der Waals surface area (Å²) in [6.45, 7) is 8.99. The number of anilines is 2. The number of rotatable bonds is 14. The van der Waals surface area contributed by atoms with E-state index in [1.807, 2.05) is 0 Å². The number of aliphatic hydroxyl groups excluding tert-OH is 1. The van der Waals surface area contributed by atoms with Gasteiger partial charge in [0.25, 0.3) is 0 Å². The number of nitrogens with zero attached hydrogens (tertiary/aromatic N) is 4. The molecule has 6 atom stereocenters. The van der Waals surface area contributed by atoms with Crippen molar-refractivity contribution >= 4 is 42.6 Å². The summed E-state index contributed by atoms with van der Waals surface area (Å²) in [6, 6.07) is 5.41. The van der Waals surface area contributed by atoms with Gasteiger partial charge < -0.3 is 40.4 Å². The standard InChI is InChI=1S/C29H42N7O10P/c1-15(2)43-21(37)12-11-18-9-7-8-10-19(18)46-47(41,35-17(5)26(39)44-16(3)4)42-13-20-23(38)29(6,40)27(45-20)36-14-32-22-24(30)33-28(31)34-25(22)36/h7-10,14-17,20,23,27,38,40H,11-13H2,1-6H3,(H,35,41)(H4,30,31,33,34)/t17-,20+,23-,27+,29+,47+/m0/s1. The van der Waals surface area contributed by atoms with Gasteiger partial charge in [0.05, 0.1) is 25.1 Å². The molecule has 0 amide bonds. The van der Waals surface area contributed by atoms with Gasteiger partial charge in [-0.15, -0.1) is 0 Å². The quantitative estimate of drug-likeness (QED) is 0.121. The molecule has 0 radical (unpaired) electrons. The number of aliphatic hydroxyl groups is 2. The molecule has 1 aliphatic rings. The number of hydrogen-bond acceptors (Lipinski definition) is 15. The molecule has 3 heterocycles. The van der Waals surface area contributed by atoms with Crippen molar-refractivity contribution < 1.29 is 47.6 Å². The van der Waals surface area contributed by atoms with Crippen LogP contribution in [0.2, 0.25) is 0 Å². The highest BCUT2D eigenvalue weighted by atomic mass is 31.2. The molecule has 0 aliphatic carbocycles. The van der Waals surface area contributed by atoms with Crippen LogP contribution in [0.5, 0.6) is 5.75 Å². The van der Waals surface area contributed by atoms with E-state index in [9.17, 15) is 24.4 Å². The highest BCUT2D eigenvalue weighted by Gasteiger charge is 2.54. The van der Waals surface area contributed by atoms with Gasteiger partial charge in [-0.25, -0.2) is 9.55 Å². The van der Waals surface area contributed by atoms with Crippen LogP contribution < -0.4 is 21.1 Å². The molecule has 0 saturated carbocycles. The molecule has 258 valence electrons. The summed E-state index contributed by atoms with van der Waals surface area (Å²) in [7, 11) is -4.46. The zero-order valence-electron chi connectivity index (χ0n) is 27.0. The average molecular weight is 680 g/mol. The van der Waals surface area contributed by atoms with E-state index in [1.165, 1.54) is 30.8 Å². The van der Waals surface area contributed by atoms with Gasteiger partial charge in [-0.05, 0) is 59.6 Å². The number of nitrogens with two attached hydrogens (primary N) is 2. The molecule has 0 spiro atoms. The van der Waals surface area contributed by atoms with Gasteiger partial charge in [0.2, 0.25) is 5.95 Å². The first-order valence-electron chi connectivity index (χ1n) is 15.0. The second kappa shape index (κ2) is 14.5. The first-order valence-corrected chi connectivity index (χ1v) is 16.6. The Morgan fingerprint density at radius 3 is 2.49 bits per heavy atom.